The van der Waals surface area contributed by atoms with Crippen molar-refractivity contribution < 1.29 is 14.3 Å². The maximum Gasteiger partial charge on any atom is 0.337 e. The minimum atomic E-state index is -1.05. The molecule has 0 aliphatic rings. The summed E-state index contributed by atoms with van der Waals surface area (Å²) in [5.41, 5.74) is 0.763. The SMILES string of the molecule is O=C(O)c1cc(NCc2ccc(I)o2)ccc1Cl. The number of carbonyl (C=O) groups is 1. The minimum absolute atomic E-state index is 0.0793. The Morgan fingerprint density at radius 2 is 2.17 bits per heavy atom. The molecule has 2 N–H and O–H groups in total. The molecule has 0 amide bonds. The summed E-state index contributed by atoms with van der Waals surface area (Å²) < 4.78 is 6.20. The van der Waals surface area contributed by atoms with Crippen LogP contribution in [0.25, 0.3) is 0 Å². The molecule has 4 nitrogen and oxygen atoms in total. The van der Waals surface area contributed by atoms with Gasteiger partial charge in [0.2, 0.25) is 0 Å². The van der Waals surface area contributed by atoms with Crippen molar-refractivity contribution in [3.05, 3.63) is 50.4 Å². The number of anilines is 1. The highest BCUT2D eigenvalue weighted by Crippen LogP contribution is 2.21. The first-order valence-electron chi connectivity index (χ1n) is 5.07. The second-order valence-electron chi connectivity index (χ2n) is 3.56. The fraction of sp³-hybridized carbons (Fsp3) is 0.0833. The summed E-state index contributed by atoms with van der Waals surface area (Å²) in [5.74, 6) is -0.262. The molecule has 0 aliphatic carbocycles. The molecule has 6 heteroatoms. The van der Waals surface area contributed by atoms with E-state index in [0.29, 0.717) is 12.2 Å². The van der Waals surface area contributed by atoms with Crippen LogP contribution >= 0.6 is 34.2 Å². The summed E-state index contributed by atoms with van der Waals surface area (Å²) in [6, 6.07) is 8.51. The minimum Gasteiger partial charge on any atom is -0.478 e. The summed E-state index contributed by atoms with van der Waals surface area (Å²) in [6.45, 7) is 0.490. The Bertz CT molecular complexity index is 582. The highest BCUT2D eigenvalue weighted by Gasteiger charge is 2.09. The average Bonchev–Trinajstić information content (AvgIpc) is 2.74. The first-order valence-corrected chi connectivity index (χ1v) is 6.53. The molecule has 0 atom stereocenters. The molecular formula is C12H9ClINO3. The molecule has 0 saturated carbocycles. The van der Waals surface area contributed by atoms with Gasteiger partial charge in [-0.25, -0.2) is 4.79 Å². The molecule has 0 unspecified atom stereocenters. The van der Waals surface area contributed by atoms with Gasteiger partial charge in [-0.05, 0) is 52.9 Å². The van der Waals surface area contributed by atoms with Crippen molar-refractivity contribution >= 4 is 45.8 Å². The monoisotopic (exact) mass is 377 g/mol. The molecule has 18 heavy (non-hydrogen) atoms. The van der Waals surface area contributed by atoms with Crippen LogP contribution in [-0.4, -0.2) is 11.1 Å². The standard InChI is InChI=1S/C12H9ClINO3/c13-10-3-1-7(5-9(10)12(16)17)15-6-8-2-4-11(14)18-8/h1-5,15H,6H2,(H,16,17). The molecule has 0 radical (unpaired) electrons. The normalized spacial score (nSPS) is 10.3. The van der Waals surface area contributed by atoms with Crippen LogP contribution in [0.2, 0.25) is 5.02 Å². The lowest BCUT2D eigenvalue weighted by molar-refractivity contribution is 0.0697. The first-order chi connectivity index (χ1) is 8.56. The lowest BCUT2D eigenvalue weighted by Crippen LogP contribution is -2.02. The third kappa shape index (κ3) is 3.17. The molecule has 2 rings (SSSR count). The lowest BCUT2D eigenvalue weighted by atomic mass is 10.2. The van der Waals surface area contributed by atoms with Crippen molar-refractivity contribution in [1.82, 2.24) is 0 Å². The van der Waals surface area contributed by atoms with Crippen molar-refractivity contribution in [3.8, 4) is 0 Å². The Morgan fingerprint density at radius 1 is 1.39 bits per heavy atom. The number of furan rings is 1. The maximum absolute atomic E-state index is 10.9. The van der Waals surface area contributed by atoms with Crippen LogP contribution in [-0.2, 0) is 6.54 Å². The largest absolute Gasteiger partial charge is 0.478 e. The van der Waals surface area contributed by atoms with Crippen molar-refractivity contribution in [2.45, 2.75) is 6.54 Å². The third-order valence-electron chi connectivity index (χ3n) is 2.29. The van der Waals surface area contributed by atoms with Gasteiger partial charge in [0.05, 0.1) is 17.1 Å². The molecule has 0 spiro atoms. The number of aromatic carboxylic acids is 1. The van der Waals surface area contributed by atoms with E-state index in [1.54, 1.807) is 12.1 Å². The van der Waals surface area contributed by atoms with Crippen molar-refractivity contribution in [1.29, 1.82) is 0 Å². The van der Waals surface area contributed by atoms with E-state index in [2.05, 4.69) is 27.9 Å². The van der Waals surface area contributed by atoms with Gasteiger partial charge in [0.15, 0.2) is 3.77 Å². The van der Waals surface area contributed by atoms with Crippen LogP contribution < -0.4 is 5.32 Å². The van der Waals surface area contributed by atoms with E-state index in [1.807, 2.05) is 12.1 Å². The Balaban J connectivity index is 2.10. The fourth-order valence-corrected chi connectivity index (χ4v) is 2.10. The van der Waals surface area contributed by atoms with E-state index in [1.165, 1.54) is 6.07 Å². The van der Waals surface area contributed by atoms with Gasteiger partial charge in [-0.3, -0.25) is 0 Å². The summed E-state index contributed by atoms with van der Waals surface area (Å²) in [7, 11) is 0. The van der Waals surface area contributed by atoms with Crippen LogP contribution in [0.3, 0.4) is 0 Å². The quantitative estimate of drug-likeness (QED) is 0.795. The van der Waals surface area contributed by atoms with Crippen LogP contribution in [0, 0.1) is 3.77 Å². The Hall–Kier alpha value is -1.21. The molecule has 2 aromatic rings. The number of nitrogens with one attached hydrogen (secondary N) is 1. The number of carboxylic acids is 1. The van der Waals surface area contributed by atoms with Gasteiger partial charge in [0.25, 0.3) is 0 Å². The van der Waals surface area contributed by atoms with Gasteiger partial charge in [-0.15, -0.1) is 0 Å². The topological polar surface area (TPSA) is 62.5 Å². The Labute approximate surface area is 122 Å². The van der Waals surface area contributed by atoms with Gasteiger partial charge in [0.1, 0.15) is 5.76 Å². The zero-order chi connectivity index (χ0) is 13.1. The van der Waals surface area contributed by atoms with Crippen molar-refractivity contribution in [2.75, 3.05) is 5.32 Å². The van der Waals surface area contributed by atoms with Crippen molar-refractivity contribution in [3.63, 3.8) is 0 Å². The van der Waals surface area contributed by atoms with Gasteiger partial charge >= 0.3 is 5.97 Å². The molecule has 1 aromatic heterocycles. The second-order valence-corrected chi connectivity index (χ2v) is 5.03. The summed E-state index contributed by atoms with van der Waals surface area (Å²) >= 11 is 7.87. The summed E-state index contributed by atoms with van der Waals surface area (Å²) in [5, 5.41) is 12.2. The maximum atomic E-state index is 10.9. The Kier molecular flexibility index (Phi) is 4.13. The van der Waals surface area contributed by atoms with Gasteiger partial charge in [-0.1, -0.05) is 11.6 Å². The molecule has 1 heterocycles. The van der Waals surface area contributed by atoms with E-state index in [-0.39, 0.29) is 10.6 Å². The fourth-order valence-electron chi connectivity index (χ4n) is 1.44. The van der Waals surface area contributed by atoms with Gasteiger partial charge in [0, 0.05) is 5.69 Å². The highest BCUT2D eigenvalue weighted by atomic mass is 127. The number of hydrogen-bond donors (Lipinski definition) is 2. The summed E-state index contributed by atoms with van der Waals surface area (Å²) in [6.07, 6.45) is 0. The van der Waals surface area contributed by atoms with E-state index in [0.717, 1.165) is 9.53 Å². The molecule has 1 aromatic carbocycles. The first kappa shape index (κ1) is 13.2. The molecular weight excluding hydrogens is 368 g/mol. The van der Waals surface area contributed by atoms with Gasteiger partial charge in [-0.2, -0.15) is 0 Å². The lowest BCUT2D eigenvalue weighted by Gasteiger charge is -2.06. The van der Waals surface area contributed by atoms with Crippen LogP contribution in [0.4, 0.5) is 5.69 Å². The molecule has 94 valence electrons. The van der Waals surface area contributed by atoms with E-state index in [4.69, 9.17) is 21.1 Å². The zero-order valence-electron chi connectivity index (χ0n) is 9.11. The number of hydrogen-bond acceptors (Lipinski definition) is 3. The van der Waals surface area contributed by atoms with Crippen LogP contribution in [0.15, 0.2) is 34.7 Å². The van der Waals surface area contributed by atoms with Crippen LogP contribution in [0.1, 0.15) is 16.1 Å². The summed E-state index contributed by atoms with van der Waals surface area (Å²) in [4.78, 5) is 10.9. The highest BCUT2D eigenvalue weighted by molar-refractivity contribution is 14.1. The molecule has 0 bridgehead atoms. The molecule has 0 fully saturated rings. The van der Waals surface area contributed by atoms with Crippen LogP contribution in [0.5, 0.6) is 0 Å². The van der Waals surface area contributed by atoms with E-state index in [9.17, 15) is 4.79 Å². The number of rotatable bonds is 4. The number of carboxylic acid groups (broad SMARTS) is 1. The van der Waals surface area contributed by atoms with Gasteiger partial charge < -0.3 is 14.8 Å². The predicted octanol–water partition coefficient (Wildman–Crippen LogP) is 3.85. The molecule has 0 aliphatic heterocycles. The molecule has 0 saturated heterocycles. The Morgan fingerprint density at radius 3 is 2.78 bits per heavy atom. The zero-order valence-corrected chi connectivity index (χ0v) is 12.0. The van der Waals surface area contributed by atoms with E-state index < -0.39 is 5.97 Å². The smallest absolute Gasteiger partial charge is 0.337 e. The predicted molar refractivity (Wildman–Crippen MR) is 77.2 cm³/mol. The van der Waals surface area contributed by atoms with Crippen molar-refractivity contribution in [2.24, 2.45) is 0 Å². The third-order valence-corrected chi connectivity index (χ3v) is 3.20. The second kappa shape index (κ2) is 5.62. The average molecular weight is 378 g/mol. The number of halogens is 2. The van der Waals surface area contributed by atoms with E-state index >= 15 is 0 Å². The number of benzene rings is 1.